The van der Waals surface area contributed by atoms with E-state index < -0.39 is 69.6 Å². The number of nitrogens with one attached hydrogen (secondary N) is 1. The molecule has 3 amide bonds. The highest BCUT2D eigenvalue weighted by Gasteiger charge is 2.65. The molecule has 1 aromatic carbocycles. The number of hydrogen-bond donors (Lipinski definition) is 2. The number of nitrogens with zero attached hydrogens (tertiary/aromatic N) is 5. The van der Waals surface area contributed by atoms with Gasteiger partial charge in [-0.2, -0.15) is 0 Å². The molecule has 5 rings (SSSR count). The van der Waals surface area contributed by atoms with E-state index >= 15 is 0 Å². The zero-order valence-corrected chi connectivity index (χ0v) is 24.2. The van der Waals surface area contributed by atoms with Crippen LogP contribution in [0.4, 0.5) is 0 Å². The molecule has 0 radical (unpaired) electrons. The van der Waals surface area contributed by atoms with Gasteiger partial charge in [0.05, 0.1) is 11.8 Å². The Hall–Kier alpha value is -3.62. The molecule has 0 bridgehead atoms. The quantitative estimate of drug-likeness (QED) is 0.110. The smallest absolute Gasteiger partial charge is 0.333 e. The van der Waals surface area contributed by atoms with Crippen LogP contribution in [0.2, 0.25) is 0 Å². The minimum Gasteiger partial charge on any atom is -0.508 e. The highest BCUT2D eigenvalue weighted by molar-refractivity contribution is 8.02. The number of phenols is 1. The Bertz CT molecular complexity index is 1360. The van der Waals surface area contributed by atoms with Crippen LogP contribution in [0.15, 0.2) is 29.4 Å². The number of carbonyl (C=O) groups excluding carboxylic acids is 5. The van der Waals surface area contributed by atoms with Crippen molar-refractivity contribution in [1.29, 1.82) is 0 Å². The minimum absolute atomic E-state index is 0.0304. The van der Waals surface area contributed by atoms with Crippen molar-refractivity contribution in [3.8, 4) is 5.75 Å². The van der Waals surface area contributed by atoms with E-state index in [9.17, 15) is 29.1 Å². The van der Waals surface area contributed by atoms with Crippen molar-refractivity contribution in [2.75, 3.05) is 6.79 Å². The molecule has 218 valence electrons. The summed E-state index contributed by atoms with van der Waals surface area (Å²) >= 11 is 2.82. The Kier molecular flexibility index (Phi) is 7.28. The van der Waals surface area contributed by atoms with E-state index in [1.54, 1.807) is 13.8 Å². The first-order chi connectivity index (χ1) is 19.3. The number of ether oxygens (including phenoxy) is 2. The van der Waals surface area contributed by atoms with Gasteiger partial charge in [-0.25, -0.2) is 9.59 Å². The fourth-order valence-corrected chi connectivity index (χ4v) is 8.84. The van der Waals surface area contributed by atoms with Gasteiger partial charge < -0.3 is 29.7 Å². The number of rotatable bonds is 8. The van der Waals surface area contributed by atoms with Crippen molar-refractivity contribution in [2.24, 2.45) is 5.11 Å². The average Bonchev–Trinajstić information content (AvgIpc) is 3.29. The highest BCUT2D eigenvalue weighted by atomic mass is 32.2. The van der Waals surface area contributed by atoms with E-state index in [4.69, 9.17) is 15.0 Å². The van der Waals surface area contributed by atoms with Crippen molar-refractivity contribution in [3.63, 3.8) is 0 Å². The van der Waals surface area contributed by atoms with Crippen LogP contribution in [-0.4, -0.2) is 89.7 Å². The lowest BCUT2D eigenvalue weighted by atomic mass is 9.95. The van der Waals surface area contributed by atoms with Gasteiger partial charge in [-0.05, 0) is 50.9 Å². The number of esters is 2. The highest BCUT2D eigenvalue weighted by Crippen LogP contribution is 2.52. The fraction of sp³-hybridized carbons (Fsp3) is 0.560. The summed E-state index contributed by atoms with van der Waals surface area (Å²) in [5, 5.41) is 15.0. The third-order valence-electron chi connectivity index (χ3n) is 7.54. The minimum atomic E-state index is -1.28. The van der Waals surface area contributed by atoms with Crippen LogP contribution in [0.3, 0.4) is 0 Å². The topological polar surface area (TPSA) is 191 Å². The largest absolute Gasteiger partial charge is 0.508 e. The lowest BCUT2D eigenvalue weighted by molar-refractivity contribution is -0.181. The van der Waals surface area contributed by atoms with E-state index in [2.05, 4.69) is 15.3 Å². The molecule has 0 saturated carbocycles. The molecule has 0 aliphatic carbocycles. The number of fused-ring (bicyclic) bond motifs is 2. The number of hydrogen-bond acceptors (Lipinski definition) is 11. The van der Waals surface area contributed by atoms with Gasteiger partial charge in [0.2, 0.25) is 24.5 Å². The van der Waals surface area contributed by atoms with Gasteiger partial charge in [0.25, 0.3) is 0 Å². The maximum absolute atomic E-state index is 13.1. The molecule has 16 heteroatoms. The first kappa shape index (κ1) is 28.9. The van der Waals surface area contributed by atoms with E-state index in [0.29, 0.717) is 12.0 Å². The van der Waals surface area contributed by atoms with Crippen molar-refractivity contribution in [2.45, 2.75) is 78.5 Å². The Morgan fingerprint density at radius 2 is 1.66 bits per heavy atom. The van der Waals surface area contributed by atoms with Crippen LogP contribution < -0.4 is 5.32 Å². The van der Waals surface area contributed by atoms with Crippen molar-refractivity contribution in [1.82, 2.24) is 15.1 Å². The number of thioether (sulfide) groups is 2. The van der Waals surface area contributed by atoms with E-state index in [1.165, 1.54) is 57.6 Å². The fourth-order valence-electron chi connectivity index (χ4n) is 5.60. The lowest BCUT2D eigenvalue weighted by Gasteiger charge is -2.44. The van der Waals surface area contributed by atoms with Crippen LogP contribution in [0.1, 0.15) is 45.7 Å². The molecule has 2 N–H and O–H groups in total. The molecule has 41 heavy (non-hydrogen) atoms. The van der Waals surface area contributed by atoms with Gasteiger partial charge in [-0.15, -0.1) is 23.5 Å². The van der Waals surface area contributed by atoms with Gasteiger partial charge >= 0.3 is 11.9 Å². The molecular formula is C25H28N6O8S2. The predicted octanol–water partition coefficient (Wildman–Crippen LogP) is 1.79. The number of β-lactam (4-membered cyclic amide) rings is 2. The van der Waals surface area contributed by atoms with Gasteiger partial charge in [-0.1, -0.05) is 17.2 Å². The van der Waals surface area contributed by atoms with Gasteiger partial charge in [0.1, 0.15) is 35.3 Å². The van der Waals surface area contributed by atoms with Crippen LogP contribution in [0.5, 0.6) is 5.75 Å². The van der Waals surface area contributed by atoms with Crippen LogP contribution >= 0.6 is 23.5 Å². The summed E-state index contributed by atoms with van der Waals surface area (Å²) in [6.45, 7) is 6.54. The zero-order valence-electron chi connectivity index (χ0n) is 22.5. The average molecular weight is 605 g/mol. The summed E-state index contributed by atoms with van der Waals surface area (Å²) in [6, 6.07) is 1.50. The van der Waals surface area contributed by atoms with Crippen molar-refractivity contribution < 1.29 is 38.6 Å². The summed E-state index contributed by atoms with van der Waals surface area (Å²) in [5.74, 6) is -2.83. The maximum Gasteiger partial charge on any atom is 0.333 e. The van der Waals surface area contributed by atoms with E-state index in [0.717, 1.165) is 0 Å². The molecule has 4 heterocycles. The molecule has 4 fully saturated rings. The van der Waals surface area contributed by atoms with Gasteiger partial charge in [0, 0.05) is 14.4 Å². The molecule has 4 aliphatic rings. The van der Waals surface area contributed by atoms with Gasteiger partial charge in [0.15, 0.2) is 0 Å². The summed E-state index contributed by atoms with van der Waals surface area (Å²) in [4.78, 5) is 69.5. The molecule has 0 aromatic heterocycles. The molecule has 0 spiro atoms. The number of phenolic OH excluding ortho intramolecular Hbond substituents is 1. The molecule has 4 aliphatic heterocycles. The number of carbonyl (C=O) groups is 5. The first-order valence-electron chi connectivity index (χ1n) is 12.7. The monoisotopic (exact) mass is 604 g/mol. The van der Waals surface area contributed by atoms with Crippen LogP contribution in [-0.2, 0) is 33.4 Å². The third kappa shape index (κ3) is 4.93. The summed E-state index contributed by atoms with van der Waals surface area (Å²) < 4.78 is 9.13. The van der Waals surface area contributed by atoms with Crippen LogP contribution in [0, 0.1) is 0 Å². The molecule has 4 saturated heterocycles. The number of azide groups is 1. The Balaban J connectivity index is 1.19. The number of amides is 3. The summed E-state index contributed by atoms with van der Waals surface area (Å²) in [7, 11) is 0. The SMILES string of the molecule is CC1(C)S[C@@H]2[C@H](NC(=O)C(N=[N+]=[N-])c3ccc(O)cc3)C(=O)N2[C@H]1C(=O)OCOC(=O)[C@@H]1N2C(=O)C[C@H]2SC1(C)C. The Morgan fingerprint density at radius 3 is 2.24 bits per heavy atom. The molecule has 1 unspecified atom stereocenters. The van der Waals surface area contributed by atoms with Crippen molar-refractivity contribution in [3.05, 3.63) is 40.3 Å². The second kappa shape index (κ2) is 10.3. The van der Waals surface area contributed by atoms with Crippen molar-refractivity contribution >= 4 is 53.2 Å². The van der Waals surface area contributed by atoms with E-state index in [1.807, 2.05) is 13.8 Å². The second-order valence-corrected chi connectivity index (χ2v) is 14.7. The first-order valence-corrected chi connectivity index (χ1v) is 14.5. The predicted molar refractivity (Wildman–Crippen MR) is 146 cm³/mol. The van der Waals surface area contributed by atoms with Gasteiger partial charge in [-0.3, -0.25) is 14.4 Å². The maximum atomic E-state index is 13.1. The molecule has 6 atom stereocenters. The molecular weight excluding hydrogens is 576 g/mol. The number of aromatic hydroxyl groups is 1. The lowest BCUT2D eigenvalue weighted by Crippen LogP contribution is -2.71. The second-order valence-electron chi connectivity index (χ2n) is 11.1. The summed E-state index contributed by atoms with van der Waals surface area (Å²) in [5.41, 5.74) is 9.28. The normalized spacial score (nSPS) is 29.2. The standard InChI is InChI=1S/C25H28N6O8S2/c1-24(2)17(30-13(33)9-14(30)40-24)22(36)38-10-39-23(37)18-25(3,4)41-21-16(20(35)31(18)21)27-19(34)15(28-29-26)11-5-7-12(32)8-6-11/h5-8,14-18,21,32H,9-10H2,1-4H3,(H,27,34)/t14-,15?,16-,17+,18+,21-/m1/s1. The van der Waals surface area contributed by atoms with E-state index in [-0.39, 0.29) is 17.0 Å². The summed E-state index contributed by atoms with van der Waals surface area (Å²) in [6.07, 6.45) is 0.372. The van der Waals surface area contributed by atoms with Crippen LogP contribution in [0.25, 0.3) is 10.4 Å². The molecule has 1 aromatic rings. The number of benzene rings is 1. The Morgan fingerprint density at radius 1 is 1.07 bits per heavy atom. The third-order valence-corrected chi connectivity index (χ3v) is 10.6. The zero-order chi connectivity index (χ0) is 29.9. The Labute approximate surface area is 243 Å². The molecule has 14 nitrogen and oxygen atoms in total.